The lowest BCUT2D eigenvalue weighted by Crippen LogP contribution is -2.15. The molecule has 0 atom stereocenters. The summed E-state index contributed by atoms with van der Waals surface area (Å²) >= 11 is 1.78. The molecular weight excluding hydrogens is 244 g/mol. The van der Waals surface area contributed by atoms with E-state index in [1.54, 1.807) is 11.3 Å². The van der Waals surface area contributed by atoms with Crippen molar-refractivity contribution in [2.24, 2.45) is 0 Å². The van der Waals surface area contributed by atoms with E-state index >= 15 is 0 Å². The van der Waals surface area contributed by atoms with Gasteiger partial charge in [0.2, 0.25) is 0 Å². The predicted molar refractivity (Wildman–Crippen MR) is 74.9 cm³/mol. The second-order valence-electron chi connectivity index (χ2n) is 4.54. The summed E-state index contributed by atoms with van der Waals surface area (Å²) in [6.45, 7) is 8.17. The summed E-state index contributed by atoms with van der Waals surface area (Å²) in [5, 5.41) is 11.6. The van der Waals surface area contributed by atoms with Crippen LogP contribution in [0.2, 0.25) is 0 Å². The first-order valence-corrected chi connectivity index (χ1v) is 7.11. The Kier molecular flexibility index (Phi) is 4.49. The molecular formula is C13H20N4S. The normalized spacial score (nSPS) is 11.1. The van der Waals surface area contributed by atoms with Crippen molar-refractivity contribution in [2.45, 2.75) is 40.2 Å². The summed E-state index contributed by atoms with van der Waals surface area (Å²) in [6, 6.07) is 0. The van der Waals surface area contributed by atoms with Crippen LogP contribution in [-0.4, -0.2) is 21.7 Å². The highest BCUT2D eigenvalue weighted by Gasteiger charge is 2.04. The lowest BCUT2D eigenvalue weighted by atomic mass is 10.1. The molecule has 4 nitrogen and oxygen atoms in total. The lowest BCUT2D eigenvalue weighted by Gasteiger charge is -2.03. The third-order valence-corrected chi connectivity index (χ3v) is 4.09. The Morgan fingerprint density at radius 2 is 2.17 bits per heavy atom. The van der Waals surface area contributed by atoms with Crippen molar-refractivity contribution in [2.75, 3.05) is 6.54 Å². The maximum Gasteiger partial charge on any atom is 0.0900 e. The van der Waals surface area contributed by atoms with Gasteiger partial charge in [-0.2, -0.15) is 5.10 Å². The van der Waals surface area contributed by atoms with E-state index in [0.717, 1.165) is 36.6 Å². The molecule has 0 radical (unpaired) electrons. The van der Waals surface area contributed by atoms with E-state index in [2.05, 4.69) is 41.3 Å². The zero-order valence-electron chi connectivity index (χ0n) is 11.2. The number of aromatic amines is 1. The van der Waals surface area contributed by atoms with Crippen molar-refractivity contribution in [1.82, 2.24) is 20.5 Å². The standard InChI is InChI=1S/C13H20N4S/c1-9-12(7-15-17-9)5-4-6-14-8-13-10(2)16-11(3)18-13/h7,14H,4-6,8H2,1-3H3,(H,15,17). The quantitative estimate of drug-likeness (QED) is 0.788. The molecule has 2 N–H and O–H groups in total. The predicted octanol–water partition coefficient (Wildman–Crippen LogP) is 2.51. The summed E-state index contributed by atoms with van der Waals surface area (Å²) in [4.78, 5) is 5.78. The van der Waals surface area contributed by atoms with Crippen LogP contribution in [0.15, 0.2) is 6.20 Å². The summed E-state index contributed by atoms with van der Waals surface area (Å²) in [5.41, 5.74) is 3.67. The highest BCUT2D eigenvalue weighted by atomic mass is 32.1. The van der Waals surface area contributed by atoms with E-state index in [0.29, 0.717) is 0 Å². The largest absolute Gasteiger partial charge is 0.312 e. The van der Waals surface area contributed by atoms with Crippen molar-refractivity contribution in [3.05, 3.63) is 33.0 Å². The second kappa shape index (κ2) is 6.11. The van der Waals surface area contributed by atoms with Crippen LogP contribution in [-0.2, 0) is 13.0 Å². The Bertz CT molecular complexity index is 501. The molecule has 0 saturated carbocycles. The van der Waals surface area contributed by atoms with E-state index in [1.165, 1.54) is 16.1 Å². The van der Waals surface area contributed by atoms with Gasteiger partial charge < -0.3 is 5.32 Å². The number of thiazole rings is 1. The molecule has 0 saturated heterocycles. The zero-order valence-corrected chi connectivity index (χ0v) is 12.0. The smallest absolute Gasteiger partial charge is 0.0900 e. The Balaban J connectivity index is 1.67. The van der Waals surface area contributed by atoms with Gasteiger partial charge >= 0.3 is 0 Å². The third-order valence-electron chi connectivity index (χ3n) is 3.02. The zero-order chi connectivity index (χ0) is 13.0. The average molecular weight is 264 g/mol. The number of nitrogens with zero attached hydrogens (tertiary/aromatic N) is 2. The Hall–Kier alpha value is -1.20. The number of hydrogen-bond donors (Lipinski definition) is 2. The molecule has 2 heterocycles. The number of nitrogens with one attached hydrogen (secondary N) is 2. The molecule has 0 amide bonds. The number of H-pyrrole nitrogens is 1. The van der Waals surface area contributed by atoms with Gasteiger partial charge in [-0.25, -0.2) is 4.98 Å². The topological polar surface area (TPSA) is 53.6 Å². The maximum absolute atomic E-state index is 4.43. The first-order valence-electron chi connectivity index (χ1n) is 6.29. The molecule has 0 aromatic carbocycles. The SMILES string of the molecule is Cc1nc(C)c(CNCCCc2cn[nH]c2C)s1. The van der Waals surface area contributed by atoms with E-state index in [1.807, 2.05) is 6.20 Å². The van der Waals surface area contributed by atoms with Crippen LogP contribution in [0.1, 0.15) is 33.3 Å². The molecule has 0 aliphatic rings. The van der Waals surface area contributed by atoms with Crippen molar-refractivity contribution in [3.63, 3.8) is 0 Å². The Morgan fingerprint density at radius 3 is 2.78 bits per heavy atom. The van der Waals surface area contributed by atoms with Gasteiger partial charge in [-0.1, -0.05) is 0 Å². The van der Waals surface area contributed by atoms with Gasteiger partial charge in [-0.3, -0.25) is 5.10 Å². The second-order valence-corrected chi connectivity index (χ2v) is 5.83. The van der Waals surface area contributed by atoms with Crippen molar-refractivity contribution in [1.29, 1.82) is 0 Å². The molecule has 5 heteroatoms. The summed E-state index contributed by atoms with van der Waals surface area (Å²) in [5.74, 6) is 0. The molecule has 2 aromatic rings. The summed E-state index contributed by atoms with van der Waals surface area (Å²) in [6.07, 6.45) is 4.14. The number of aromatic nitrogens is 3. The molecule has 0 aliphatic heterocycles. The van der Waals surface area contributed by atoms with Gasteiger partial charge in [0.1, 0.15) is 0 Å². The van der Waals surface area contributed by atoms with Gasteiger partial charge in [0.15, 0.2) is 0 Å². The van der Waals surface area contributed by atoms with Crippen LogP contribution >= 0.6 is 11.3 Å². The highest BCUT2D eigenvalue weighted by Crippen LogP contribution is 2.16. The van der Waals surface area contributed by atoms with Gasteiger partial charge in [0, 0.05) is 17.1 Å². The van der Waals surface area contributed by atoms with Gasteiger partial charge in [-0.05, 0) is 45.7 Å². The monoisotopic (exact) mass is 264 g/mol. The first-order chi connectivity index (χ1) is 8.66. The van der Waals surface area contributed by atoms with Gasteiger partial charge in [0.05, 0.1) is 16.9 Å². The molecule has 18 heavy (non-hydrogen) atoms. The minimum Gasteiger partial charge on any atom is -0.312 e. The van der Waals surface area contributed by atoms with E-state index in [-0.39, 0.29) is 0 Å². The molecule has 0 unspecified atom stereocenters. The summed E-state index contributed by atoms with van der Waals surface area (Å²) < 4.78 is 0. The molecule has 0 spiro atoms. The minimum atomic E-state index is 0.932. The van der Waals surface area contributed by atoms with Crippen LogP contribution in [0.3, 0.4) is 0 Å². The first kappa shape index (κ1) is 13.2. The van der Waals surface area contributed by atoms with E-state index in [9.17, 15) is 0 Å². The van der Waals surface area contributed by atoms with Gasteiger partial charge in [-0.15, -0.1) is 11.3 Å². The third kappa shape index (κ3) is 3.40. The lowest BCUT2D eigenvalue weighted by molar-refractivity contribution is 0.651. The Labute approximate surface area is 112 Å². The van der Waals surface area contributed by atoms with Crippen molar-refractivity contribution in [3.8, 4) is 0 Å². The molecule has 0 aliphatic carbocycles. The van der Waals surface area contributed by atoms with Crippen LogP contribution < -0.4 is 5.32 Å². The summed E-state index contributed by atoms with van der Waals surface area (Å²) in [7, 11) is 0. The maximum atomic E-state index is 4.43. The molecule has 98 valence electrons. The van der Waals surface area contributed by atoms with Crippen molar-refractivity contribution >= 4 is 11.3 Å². The van der Waals surface area contributed by atoms with E-state index in [4.69, 9.17) is 0 Å². The number of rotatable bonds is 6. The fourth-order valence-corrected chi connectivity index (χ4v) is 2.88. The van der Waals surface area contributed by atoms with E-state index < -0.39 is 0 Å². The molecule has 2 aromatic heterocycles. The van der Waals surface area contributed by atoms with Crippen molar-refractivity contribution < 1.29 is 0 Å². The highest BCUT2D eigenvalue weighted by molar-refractivity contribution is 7.11. The molecule has 0 bridgehead atoms. The fourth-order valence-electron chi connectivity index (χ4n) is 1.97. The van der Waals surface area contributed by atoms with Crippen LogP contribution in [0.5, 0.6) is 0 Å². The van der Waals surface area contributed by atoms with Crippen LogP contribution in [0.25, 0.3) is 0 Å². The van der Waals surface area contributed by atoms with Crippen LogP contribution in [0, 0.1) is 20.8 Å². The fraction of sp³-hybridized carbons (Fsp3) is 0.538. The minimum absolute atomic E-state index is 0.932. The van der Waals surface area contributed by atoms with Crippen LogP contribution in [0.4, 0.5) is 0 Å². The molecule has 0 fully saturated rings. The average Bonchev–Trinajstić information content (AvgIpc) is 2.86. The van der Waals surface area contributed by atoms with Gasteiger partial charge in [0.25, 0.3) is 0 Å². The molecule has 2 rings (SSSR count). The Morgan fingerprint density at radius 1 is 1.33 bits per heavy atom. The number of hydrogen-bond acceptors (Lipinski definition) is 4. The number of aryl methyl sites for hydroxylation is 4.